The fraction of sp³-hybridized carbons (Fsp3) is 0.429. The van der Waals surface area contributed by atoms with Gasteiger partial charge in [0.2, 0.25) is 6.23 Å². The Bertz CT molecular complexity index is 491. The minimum absolute atomic E-state index is 0.328. The summed E-state index contributed by atoms with van der Waals surface area (Å²) < 4.78 is 7.39. The lowest BCUT2D eigenvalue weighted by Crippen LogP contribution is -2.39. The number of aromatic nitrogens is 3. The molecule has 0 saturated heterocycles. The van der Waals surface area contributed by atoms with E-state index in [1.807, 2.05) is 51.1 Å². The van der Waals surface area contributed by atoms with Gasteiger partial charge >= 0.3 is 0 Å². The lowest BCUT2D eigenvalue weighted by atomic mass is 9.88. The lowest BCUT2D eigenvalue weighted by molar-refractivity contribution is -0.0736. The zero-order valence-electron chi connectivity index (χ0n) is 11.4. The molecule has 102 valence electrons. The molecule has 0 amide bonds. The normalized spacial score (nSPS) is 14.9. The number of aliphatic hydroxyl groups is 1. The smallest absolute Gasteiger partial charge is 0.219 e. The number of para-hydroxylation sites is 1. The first-order valence-electron chi connectivity index (χ1n) is 6.24. The van der Waals surface area contributed by atoms with E-state index >= 15 is 0 Å². The first-order chi connectivity index (χ1) is 8.98. The predicted octanol–water partition coefficient (Wildman–Crippen LogP) is 2.26. The van der Waals surface area contributed by atoms with Gasteiger partial charge < -0.3 is 9.84 Å². The summed E-state index contributed by atoms with van der Waals surface area (Å²) in [7, 11) is 0. The van der Waals surface area contributed by atoms with Gasteiger partial charge in [-0.25, -0.2) is 4.68 Å². The molecule has 19 heavy (non-hydrogen) atoms. The molecule has 0 bridgehead atoms. The molecule has 1 heterocycles. The summed E-state index contributed by atoms with van der Waals surface area (Å²) in [6.07, 6.45) is 1.93. The van der Waals surface area contributed by atoms with E-state index in [2.05, 4.69) is 10.3 Å². The molecule has 0 aliphatic heterocycles. The van der Waals surface area contributed by atoms with Crippen LogP contribution in [0.5, 0.6) is 5.75 Å². The van der Waals surface area contributed by atoms with Crippen LogP contribution < -0.4 is 4.74 Å². The lowest BCUT2D eigenvalue weighted by Gasteiger charge is -2.32. The zero-order valence-corrected chi connectivity index (χ0v) is 11.4. The maximum atomic E-state index is 10.5. The molecule has 0 spiro atoms. The fourth-order valence-corrected chi connectivity index (χ4v) is 1.68. The van der Waals surface area contributed by atoms with Gasteiger partial charge in [-0.05, 0) is 17.5 Å². The van der Waals surface area contributed by atoms with Gasteiger partial charge in [-0.1, -0.05) is 44.2 Å². The Balaban J connectivity index is 2.25. The van der Waals surface area contributed by atoms with E-state index in [0.29, 0.717) is 5.75 Å². The molecule has 5 heteroatoms. The molecule has 0 fully saturated rings. The molecule has 1 N–H and O–H groups in total. The van der Waals surface area contributed by atoms with Crippen LogP contribution in [0.15, 0.2) is 42.7 Å². The van der Waals surface area contributed by atoms with Gasteiger partial charge in [0.1, 0.15) is 11.9 Å². The number of rotatable bonds is 4. The molecular formula is C14H19N3O2. The van der Waals surface area contributed by atoms with Crippen LogP contribution in [-0.4, -0.2) is 26.2 Å². The topological polar surface area (TPSA) is 60.2 Å². The van der Waals surface area contributed by atoms with Gasteiger partial charge in [0.05, 0.1) is 6.20 Å². The zero-order chi connectivity index (χ0) is 13.9. The number of benzene rings is 1. The van der Waals surface area contributed by atoms with Crippen LogP contribution in [0.25, 0.3) is 0 Å². The van der Waals surface area contributed by atoms with Gasteiger partial charge in [0.15, 0.2) is 0 Å². The van der Waals surface area contributed by atoms with E-state index in [1.54, 1.807) is 12.4 Å². The van der Waals surface area contributed by atoms with Crippen LogP contribution >= 0.6 is 0 Å². The van der Waals surface area contributed by atoms with Crippen molar-refractivity contribution in [1.29, 1.82) is 0 Å². The van der Waals surface area contributed by atoms with Gasteiger partial charge in [-0.3, -0.25) is 0 Å². The van der Waals surface area contributed by atoms with Crippen molar-refractivity contribution in [2.24, 2.45) is 5.41 Å². The molecule has 2 rings (SSSR count). The molecule has 5 nitrogen and oxygen atoms in total. The van der Waals surface area contributed by atoms with E-state index in [1.165, 1.54) is 4.68 Å². The molecule has 2 unspecified atom stereocenters. The fourth-order valence-electron chi connectivity index (χ4n) is 1.68. The molecule has 1 aromatic heterocycles. The van der Waals surface area contributed by atoms with Crippen molar-refractivity contribution in [1.82, 2.24) is 15.0 Å². The van der Waals surface area contributed by atoms with Crippen molar-refractivity contribution in [3.8, 4) is 5.75 Å². The number of hydrogen-bond acceptors (Lipinski definition) is 4. The molecule has 2 atom stereocenters. The Morgan fingerprint density at radius 2 is 1.89 bits per heavy atom. The molecule has 0 aliphatic carbocycles. The van der Waals surface area contributed by atoms with Crippen molar-refractivity contribution >= 4 is 0 Å². The molecule has 0 radical (unpaired) electrons. The van der Waals surface area contributed by atoms with E-state index in [4.69, 9.17) is 4.74 Å². The van der Waals surface area contributed by atoms with Crippen molar-refractivity contribution in [3.05, 3.63) is 42.7 Å². The Morgan fingerprint density at radius 3 is 2.42 bits per heavy atom. The third-order valence-corrected chi connectivity index (χ3v) is 2.86. The number of aliphatic hydroxyl groups excluding tert-OH is 1. The molecular weight excluding hydrogens is 242 g/mol. The highest BCUT2D eigenvalue weighted by molar-refractivity contribution is 5.21. The summed E-state index contributed by atoms with van der Waals surface area (Å²) in [4.78, 5) is 0. The summed E-state index contributed by atoms with van der Waals surface area (Å²) in [5, 5.41) is 18.2. The SMILES string of the molecule is CC(C)(C)C(O)C(Oc1ccccc1)n1ccnn1. The third-order valence-electron chi connectivity index (χ3n) is 2.86. The Hall–Kier alpha value is -1.88. The summed E-state index contributed by atoms with van der Waals surface area (Å²) in [6.45, 7) is 5.86. The Morgan fingerprint density at radius 1 is 1.21 bits per heavy atom. The maximum Gasteiger partial charge on any atom is 0.219 e. The molecule has 0 aliphatic rings. The second kappa shape index (κ2) is 5.40. The number of hydrogen-bond donors (Lipinski definition) is 1. The second-order valence-electron chi connectivity index (χ2n) is 5.52. The van der Waals surface area contributed by atoms with Gasteiger partial charge in [-0.15, -0.1) is 5.10 Å². The molecule has 0 saturated carbocycles. The van der Waals surface area contributed by atoms with Crippen molar-refractivity contribution in [2.75, 3.05) is 0 Å². The minimum Gasteiger partial charge on any atom is -0.466 e. The Labute approximate surface area is 112 Å². The van der Waals surface area contributed by atoms with Crippen LogP contribution in [0.4, 0.5) is 0 Å². The predicted molar refractivity (Wildman–Crippen MR) is 71.6 cm³/mol. The monoisotopic (exact) mass is 261 g/mol. The van der Waals surface area contributed by atoms with E-state index in [0.717, 1.165) is 0 Å². The summed E-state index contributed by atoms with van der Waals surface area (Å²) in [6, 6.07) is 9.38. The van der Waals surface area contributed by atoms with Gasteiger partial charge in [0.25, 0.3) is 0 Å². The summed E-state index contributed by atoms with van der Waals surface area (Å²) in [5.41, 5.74) is -0.328. The number of nitrogens with zero attached hydrogens (tertiary/aromatic N) is 3. The standard InChI is InChI=1S/C14H19N3O2/c1-14(2,3)12(18)13(17-10-9-15-16-17)19-11-7-5-4-6-8-11/h4-10,12-13,18H,1-3H3. The van der Waals surface area contributed by atoms with E-state index < -0.39 is 12.3 Å². The van der Waals surface area contributed by atoms with Crippen LogP contribution in [0.1, 0.15) is 27.0 Å². The van der Waals surface area contributed by atoms with Crippen LogP contribution in [0.2, 0.25) is 0 Å². The average molecular weight is 261 g/mol. The maximum absolute atomic E-state index is 10.5. The third kappa shape index (κ3) is 3.32. The number of ether oxygens (including phenoxy) is 1. The first-order valence-corrected chi connectivity index (χ1v) is 6.24. The van der Waals surface area contributed by atoms with E-state index in [9.17, 15) is 5.11 Å². The first kappa shape index (κ1) is 13.5. The van der Waals surface area contributed by atoms with Crippen molar-refractivity contribution in [3.63, 3.8) is 0 Å². The summed E-state index contributed by atoms with van der Waals surface area (Å²) in [5.74, 6) is 0.686. The quantitative estimate of drug-likeness (QED) is 0.917. The molecule has 1 aromatic carbocycles. The highest BCUT2D eigenvalue weighted by Crippen LogP contribution is 2.29. The average Bonchev–Trinajstić information content (AvgIpc) is 2.89. The van der Waals surface area contributed by atoms with Crippen molar-refractivity contribution in [2.45, 2.75) is 33.1 Å². The van der Waals surface area contributed by atoms with Gasteiger partial charge in [-0.2, -0.15) is 0 Å². The van der Waals surface area contributed by atoms with E-state index in [-0.39, 0.29) is 5.41 Å². The van der Waals surface area contributed by atoms with Crippen LogP contribution in [-0.2, 0) is 0 Å². The van der Waals surface area contributed by atoms with Gasteiger partial charge in [0, 0.05) is 6.20 Å². The van der Waals surface area contributed by atoms with Crippen molar-refractivity contribution < 1.29 is 9.84 Å². The van der Waals surface area contributed by atoms with Crippen LogP contribution in [0, 0.1) is 5.41 Å². The second-order valence-corrected chi connectivity index (χ2v) is 5.52. The molecule has 2 aromatic rings. The highest BCUT2D eigenvalue weighted by Gasteiger charge is 2.33. The Kier molecular flexibility index (Phi) is 3.85. The minimum atomic E-state index is -0.714. The summed E-state index contributed by atoms with van der Waals surface area (Å²) >= 11 is 0. The van der Waals surface area contributed by atoms with Crippen LogP contribution in [0.3, 0.4) is 0 Å². The largest absolute Gasteiger partial charge is 0.466 e. The highest BCUT2D eigenvalue weighted by atomic mass is 16.5.